The monoisotopic (exact) mass is 471 g/mol. The summed E-state index contributed by atoms with van der Waals surface area (Å²) in [6.45, 7) is 2.19. The summed E-state index contributed by atoms with van der Waals surface area (Å²) >= 11 is 0. The number of rotatable bonds is 4. The van der Waals surface area contributed by atoms with Gasteiger partial charge in [0.2, 0.25) is 0 Å². The first kappa shape index (κ1) is 22.1. The molecule has 1 aliphatic rings. The van der Waals surface area contributed by atoms with E-state index in [1.165, 1.54) is 0 Å². The fraction of sp³-hybridized carbons (Fsp3) is 0.207. The molecule has 7 nitrogen and oxygen atoms in total. The molecule has 0 atom stereocenters. The van der Waals surface area contributed by atoms with Gasteiger partial charge in [-0.3, -0.25) is 9.67 Å². The number of hydrogen-bond donors (Lipinski definition) is 0. The first-order chi connectivity index (χ1) is 17.7. The van der Waals surface area contributed by atoms with Gasteiger partial charge in [0.05, 0.1) is 29.6 Å². The largest absolute Gasteiger partial charge is 0.306 e. The van der Waals surface area contributed by atoms with E-state index in [-0.39, 0.29) is 0 Å². The van der Waals surface area contributed by atoms with Crippen molar-refractivity contribution in [1.29, 1.82) is 5.26 Å². The highest BCUT2D eigenvalue weighted by atomic mass is 15.3. The Hall–Kier alpha value is -4.41. The third kappa shape index (κ3) is 4.12. The molecule has 0 radical (unpaired) electrons. The number of aromatic nitrogens is 5. The van der Waals surface area contributed by atoms with E-state index in [2.05, 4.69) is 50.0 Å². The van der Waals surface area contributed by atoms with Gasteiger partial charge in [0.1, 0.15) is 0 Å². The van der Waals surface area contributed by atoms with E-state index in [1.807, 2.05) is 61.1 Å². The molecule has 6 rings (SSSR count). The number of nitrogens with zero attached hydrogens (tertiary/aromatic N) is 7. The Balaban J connectivity index is 1.42. The quantitative estimate of drug-likeness (QED) is 0.351. The molecular weight excluding hydrogens is 446 g/mol. The maximum absolute atomic E-state index is 9.64. The van der Waals surface area contributed by atoms with Gasteiger partial charge in [-0.05, 0) is 68.9 Å². The van der Waals surface area contributed by atoms with Gasteiger partial charge >= 0.3 is 0 Å². The highest BCUT2D eigenvalue weighted by Crippen LogP contribution is 2.34. The standard InChI is InChI=1S/C29H25N7/c1-35-11-8-24(9-12-35)36-19-23(18-33-36)21-13-22(17-31-16-21)27-14-28(25-6-3-2-5-20(25)15-30)34-29-26(27)7-4-10-32-29/h2-7,10,13-14,16-19,24H,8-9,11-12H2,1H3. The maximum atomic E-state index is 9.64. The van der Waals surface area contributed by atoms with Gasteiger partial charge in [0, 0.05) is 52.4 Å². The first-order valence-electron chi connectivity index (χ1n) is 12.1. The van der Waals surface area contributed by atoms with Crippen molar-refractivity contribution < 1.29 is 0 Å². The number of likely N-dealkylation sites (tertiary alicyclic amines) is 1. The molecule has 0 N–H and O–H groups in total. The number of hydrogen-bond acceptors (Lipinski definition) is 6. The Morgan fingerprint density at radius 1 is 0.917 bits per heavy atom. The molecule has 0 bridgehead atoms. The predicted octanol–water partition coefficient (Wildman–Crippen LogP) is 5.36. The molecule has 176 valence electrons. The third-order valence-electron chi connectivity index (χ3n) is 6.95. The zero-order valence-electron chi connectivity index (χ0n) is 20.0. The Morgan fingerprint density at radius 2 is 1.75 bits per heavy atom. The number of pyridine rings is 3. The van der Waals surface area contributed by atoms with Crippen molar-refractivity contribution in [2.24, 2.45) is 0 Å². The molecule has 0 aliphatic carbocycles. The summed E-state index contributed by atoms with van der Waals surface area (Å²) in [4.78, 5) is 16.2. The van der Waals surface area contributed by atoms with E-state index in [0.717, 1.165) is 59.1 Å². The molecule has 1 fully saturated rings. The Bertz CT molecular complexity index is 1590. The van der Waals surface area contributed by atoms with Gasteiger partial charge in [-0.25, -0.2) is 9.97 Å². The van der Waals surface area contributed by atoms with Crippen LogP contribution in [0.15, 0.2) is 79.5 Å². The molecule has 1 aromatic carbocycles. The summed E-state index contributed by atoms with van der Waals surface area (Å²) in [6.07, 6.45) is 11.8. The molecular formula is C29H25N7. The van der Waals surface area contributed by atoms with Crippen LogP contribution in [0.1, 0.15) is 24.4 Å². The molecule has 36 heavy (non-hydrogen) atoms. The van der Waals surface area contributed by atoms with Crippen molar-refractivity contribution in [3.8, 4) is 39.6 Å². The molecule has 1 aliphatic heterocycles. The first-order valence-corrected chi connectivity index (χ1v) is 12.1. The van der Waals surface area contributed by atoms with Crippen molar-refractivity contribution in [2.75, 3.05) is 20.1 Å². The van der Waals surface area contributed by atoms with Crippen molar-refractivity contribution >= 4 is 11.0 Å². The maximum Gasteiger partial charge on any atom is 0.160 e. The van der Waals surface area contributed by atoms with Crippen molar-refractivity contribution in [2.45, 2.75) is 18.9 Å². The minimum atomic E-state index is 0.434. The lowest BCUT2D eigenvalue weighted by molar-refractivity contribution is 0.212. The van der Waals surface area contributed by atoms with Gasteiger partial charge in [0.15, 0.2) is 5.65 Å². The lowest BCUT2D eigenvalue weighted by Crippen LogP contribution is -2.31. The highest BCUT2D eigenvalue weighted by molar-refractivity contribution is 5.95. The lowest BCUT2D eigenvalue weighted by atomic mass is 9.97. The Morgan fingerprint density at radius 3 is 2.61 bits per heavy atom. The zero-order valence-corrected chi connectivity index (χ0v) is 20.0. The summed E-state index contributed by atoms with van der Waals surface area (Å²) in [5, 5.41) is 15.3. The second-order valence-electron chi connectivity index (χ2n) is 9.29. The van der Waals surface area contributed by atoms with E-state index in [0.29, 0.717) is 22.9 Å². The van der Waals surface area contributed by atoms with Crippen LogP contribution in [0, 0.1) is 11.3 Å². The highest BCUT2D eigenvalue weighted by Gasteiger charge is 2.19. The summed E-state index contributed by atoms with van der Waals surface area (Å²) in [6, 6.07) is 18.3. The molecule has 1 saturated heterocycles. The van der Waals surface area contributed by atoms with Crippen molar-refractivity contribution in [1.82, 2.24) is 29.6 Å². The average Bonchev–Trinajstić information content (AvgIpc) is 3.43. The van der Waals surface area contributed by atoms with Crippen molar-refractivity contribution in [3.63, 3.8) is 0 Å². The van der Waals surface area contributed by atoms with E-state index >= 15 is 0 Å². The second kappa shape index (κ2) is 9.33. The number of fused-ring (bicyclic) bond motifs is 1. The molecule has 5 heterocycles. The van der Waals surface area contributed by atoms with E-state index in [1.54, 1.807) is 6.20 Å². The van der Waals surface area contributed by atoms with Gasteiger partial charge in [0.25, 0.3) is 0 Å². The van der Waals surface area contributed by atoms with Gasteiger partial charge < -0.3 is 4.90 Å². The SMILES string of the molecule is CN1CCC(n2cc(-c3cncc(-c4cc(-c5ccccc5C#N)nc5ncccc45)c3)cn2)CC1. The van der Waals surface area contributed by atoms with Crippen LogP contribution in [-0.2, 0) is 0 Å². The van der Waals surface area contributed by atoms with Crippen LogP contribution in [0.2, 0.25) is 0 Å². The fourth-order valence-corrected chi connectivity index (χ4v) is 4.93. The van der Waals surface area contributed by atoms with Crippen LogP contribution in [0.25, 0.3) is 44.5 Å². The number of benzene rings is 1. The minimum Gasteiger partial charge on any atom is -0.306 e. The molecule has 7 heteroatoms. The summed E-state index contributed by atoms with van der Waals surface area (Å²) < 4.78 is 2.11. The smallest absolute Gasteiger partial charge is 0.160 e. The van der Waals surface area contributed by atoms with Crippen LogP contribution in [0.4, 0.5) is 0 Å². The van der Waals surface area contributed by atoms with E-state index in [9.17, 15) is 5.26 Å². The molecule has 0 saturated carbocycles. The van der Waals surface area contributed by atoms with Crippen LogP contribution in [0.3, 0.4) is 0 Å². The summed E-state index contributed by atoms with van der Waals surface area (Å²) in [7, 11) is 2.17. The van der Waals surface area contributed by atoms with Gasteiger partial charge in [-0.2, -0.15) is 10.4 Å². The Kier molecular flexibility index (Phi) is 5.72. The number of piperidine rings is 1. The molecule has 0 spiro atoms. The van der Waals surface area contributed by atoms with Crippen LogP contribution >= 0.6 is 0 Å². The normalized spacial score (nSPS) is 14.7. The second-order valence-corrected chi connectivity index (χ2v) is 9.29. The minimum absolute atomic E-state index is 0.434. The molecule has 4 aromatic heterocycles. The zero-order chi connectivity index (χ0) is 24.5. The van der Waals surface area contributed by atoms with Crippen LogP contribution in [-0.4, -0.2) is 49.8 Å². The summed E-state index contributed by atoms with van der Waals surface area (Å²) in [5.41, 5.74) is 6.74. The number of nitriles is 1. The summed E-state index contributed by atoms with van der Waals surface area (Å²) in [5.74, 6) is 0. The Labute approximate surface area is 209 Å². The fourth-order valence-electron chi connectivity index (χ4n) is 4.93. The van der Waals surface area contributed by atoms with Gasteiger partial charge in [-0.1, -0.05) is 18.2 Å². The lowest BCUT2D eigenvalue weighted by Gasteiger charge is -2.28. The van der Waals surface area contributed by atoms with Crippen LogP contribution < -0.4 is 0 Å². The van der Waals surface area contributed by atoms with Crippen LogP contribution in [0.5, 0.6) is 0 Å². The van der Waals surface area contributed by atoms with E-state index in [4.69, 9.17) is 4.98 Å². The average molecular weight is 472 g/mol. The third-order valence-corrected chi connectivity index (χ3v) is 6.95. The van der Waals surface area contributed by atoms with Crippen molar-refractivity contribution in [3.05, 3.63) is 85.1 Å². The molecule has 0 unspecified atom stereocenters. The molecule has 0 amide bonds. The van der Waals surface area contributed by atoms with Gasteiger partial charge in [-0.15, -0.1) is 0 Å². The predicted molar refractivity (Wildman–Crippen MR) is 140 cm³/mol. The topological polar surface area (TPSA) is 83.5 Å². The molecule has 5 aromatic rings. The van der Waals surface area contributed by atoms with E-state index < -0.39 is 0 Å².